The van der Waals surface area contributed by atoms with Gasteiger partial charge in [0.15, 0.2) is 5.96 Å². The van der Waals surface area contributed by atoms with Gasteiger partial charge in [0, 0.05) is 57.2 Å². The van der Waals surface area contributed by atoms with E-state index in [0.717, 1.165) is 68.5 Å². The SMILES string of the molecule is CCNC(=NCCC1CC1)N1CCN(c2nc(CC)ns2)CC1. The number of nitrogens with one attached hydrogen (secondary N) is 1. The van der Waals surface area contributed by atoms with Gasteiger partial charge in [0.25, 0.3) is 0 Å². The Balaban J connectivity index is 1.52. The van der Waals surface area contributed by atoms with Gasteiger partial charge in [-0.1, -0.05) is 19.8 Å². The van der Waals surface area contributed by atoms with Crippen molar-refractivity contribution in [2.24, 2.45) is 10.9 Å². The molecule has 0 unspecified atom stereocenters. The van der Waals surface area contributed by atoms with Gasteiger partial charge >= 0.3 is 0 Å². The molecule has 1 saturated carbocycles. The molecule has 0 aromatic carbocycles. The van der Waals surface area contributed by atoms with E-state index in [2.05, 4.69) is 38.3 Å². The van der Waals surface area contributed by atoms with Crippen LogP contribution in [0, 0.1) is 5.92 Å². The number of aliphatic imine (C=N–C) groups is 1. The Bertz CT molecular complexity index is 516. The van der Waals surface area contributed by atoms with E-state index >= 15 is 0 Å². The molecule has 128 valence electrons. The molecule has 1 N–H and O–H groups in total. The minimum Gasteiger partial charge on any atom is -0.357 e. The predicted molar refractivity (Wildman–Crippen MR) is 96.4 cm³/mol. The van der Waals surface area contributed by atoms with E-state index in [1.807, 2.05) is 0 Å². The maximum Gasteiger partial charge on any atom is 0.205 e. The maximum atomic E-state index is 4.82. The van der Waals surface area contributed by atoms with Crippen LogP contribution in [0.25, 0.3) is 0 Å². The van der Waals surface area contributed by atoms with E-state index in [1.165, 1.54) is 30.8 Å². The third-order valence-electron chi connectivity index (χ3n) is 4.45. The highest BCUT2D eigenvalue weighted by Crippen LogP contribution is 2.32. The van der Waals surface area contributed by atoms with Crippen molar-refractivity contribution in [2.75, 3.05) is 44.2 Å². The quantitative estimate of drug-likeness (QED) is 0.636. The van der Waals surface area contributed by atoms with E-state index in [-0.39, 0.29) is 0 Å². The Labute approximate surface area is 143 Å². The normalized spacial score (nSPS) is 19.3. The molecular formula is C16H28N6S. The Hall–Kier alpha value is -1.37. The van der Waals surface area contributed by atoms with Gasteiger partial charge in [-0.15, -0.1) is 0 Å². The fourth-order valence-electron chi connectivity index (χ4n) is 2.81. The zero-order chi connectivity index (χ0) is 16.1. The number of anilines is 1. The van der Waals surface area contributed by atoms with Crippen molar-refractivity contribution in [3.8, 4) is 0 Å². The Morgan fingerprint density at radius 3 is 2.65 bits per heavy atom. The lowest BCUT2D eigenvalue weighted by atomic mass is 10.3. The lowest BCUT2D eigenvalue weighted by Gasteiger charge is -2.36. The first kappa shape index (κ1) is 16.5. The zero-order valence-electron chi connectivity index (χ0n) is 14.3. The van der Waals surface area contributed by atoms with Gasteiger partial charge in [-0.3, -0.25) is 4.99 Å². The van der Waals surface area contributed by atoms with E-state index < -0.39 is 0 Å². The standard InChI is InChI=1S/C16H28N6S/c1-3-14-19-16(23-20-14)22-11-9-21(10-12-22)15(17-4-2)18-8-7-13-5-6-13/h13H,3-12H2,1-2H3,(H,17,18). The predicted octanol–water partition coefficient (Wildman–Crippen LogP) is 1.99. The van der Waals surface area contributed by atoms with E-state index in [9.17, 15) is 0 Å². The molecule has 1 saturated heterocycles. The Morgan fingerprint density at radius 2 is 2.04 bits per heavy atom. The molecule has 0 bridgehead atoms. The van der Waals surface area contributed by atoms with Gasteiger partial charge in [-0.25, -0.2) is 4.98 Å². The smallest absolute Gasteiger partial charge is 0.205 e. The highest BCUT2D eigenvalue weighted by Gasteiger charge is 2.23. The van der Waals surface area contributed by atoms with Crippen LogP contribution in [-0.2, 0) is 6.42 Å². The van der Waals surface area contributed by atoms with Crippen LogP contribution in [0.15, 0.2) is 4.99 Å². The lowest BCUT2D eigenvalue weighted by Crippen LogP contribution is -2.52. The van der Waals surface area contributed by atoms with Gasteiger partial charge in [0.2, 0.25) is 5.13 Å². The molecule has 2 aliphatic rings. The van der Waals surface area contributed by atoms with E-state index in [4.69, 9.17) is 4.99 Å². The monoisotopic (exact) mass is 336 g/mol. The molecular weight excluding hydrogens is 308 g/mol. The molecule has 1 aromatic heterocycles. The molecule has 1 aliphatic carbocycles. The van der Waals surface area contributed by atoms with Crippen molar-refractivity contribution in [3.05, 3.63) is 5.82 Å². The summed E-state index contributed by atoms with van der Waals surface area (Å²) in [5.74, 6) is 2.99. The molecule has 0 spiro atoms. The van der Waals surface area contributed by atoms with E-state index in [0.29, 0.717) is 0 Å². The summed E-state index contributed by atoms with van der Waals surface area (Å²) in [6.07, 6.45) is 4.98. The largest absolute Gasteiger partial charge is 0.357 e. The van der Waals surface area contributed by atoms with Crippen LogP contribution in [0.5, 0.6) is 0 Å². The van der Waals surface area contributed by atoms with Gasteiger partial charge in [0.1, 0.15) is 5.82 Å². The topological polar surface area (TPSA) is 56.7 Å². The second kappa shape index (κ2) is 7.95. The molecule has 2 fully saturated rings. The van der Waals surface area contributed by atoms with Gasteiger partial charge < -0.3 is 15.1 Å². The first-order valence-electron chi connectivity index (χ1n) is 8.91. The summed E-state index contributed by atoms with van der Waals surface area (Å²) in [7, 11) is 0. The molecule has 0 amide bonds. The summed E-state index contributed by atoms with van der Waals surface area (Å²) in [6, 6.07) is 0. The third-order valence-corrected chi connectivity index (χ3v) is 5.27. The fourth-order valence-corrected chi connectivity index (χ4v) is 3.61. The van der Waals surface area contributed by atoms with Crippen LogP contribution in [0.4, 0.5) is 5.13 Å². The average molecular weight is 337 g/mol. The van der Waals surface area contributed by atoms with Crippen LogP contribution in [0.2, 0.25) is 0 Å². The Kier molecular flexibility index (Phi) is 5.70. The maximum absolute atomic E-state index is 4.82. The van der Waals surface area contributed by atoms with Crippen molar-refractivity contribution >= 4 is 22.6 Å². The molecule has 0 atom stereocenters. The molecule has 2 heterocycles. The van der Waals surface area contributed by atoms with Gasteiger partial charge in [-0.05, 0) is 19.3 Å². The number of guanidine groups is 1. The molecule has 6 nitrogen and oxygen atoms in total. The number of hydrogen-bond acceptors (Lipinski definition) is 5. The number of hydrogen-bond donors (Lipinski definition) is 1. The lowest BCUT2D eigenvalue weighted by molar-refractivity contribution is 0.372. The fraction of sp³-hybridized carbons (Fsp3) is 0.812. The summed E-state index contributed by atoms with van der Waals surface area (Å²) in [5, 5.41) is 4.51. The van der Waals surface area contributed by atoms with Crippen LogP contribution < -0.4 is 10.2 Å². The van der Waals surface area contributed by atoms with Crippen LogP contribution in [-0.4, -0.2) is 59.5 Å². The number of aryl methyl sites for hydroxylation is 1. The summed E-state index contributed by atoms with van der Waals surface area (Å²) in [5.41, 5.74) is 0. The van der Waals surface area contributed by atoms with Crippen LogP contribution in [0.3, 0.4) is 0 Å². The second-order valence-electron chi connectivity index (χ2n) is 6.29. The number of piperazine rings is 1. The number of rotatable bonds is 6. The third kappa shape index (κ3) is 4.56. The summed E-state index contributed by atoms with van der Waals surface area (Å²) < 4.78 is 4.40. The minimum absolute atomic E-state index is 0.911. The molecule has 7 heteroatoms. The molecule has 1 aliphatic heterocycles. The molecule has 23 heavy (non-hydrogen) atoms. The molecule has 0 radical (unpaired) electrons. The number of nitrogens with zero attached hydrogens (tertiary/aromatic N) is 5. The van der Waals surface area contributed by atoms with Crippen LogP contribution >= 0.6 is 11.5 Å². The molecule has 3 rings (SSSR count). The Morgan fingerprint density at radius 1 is 1.26 bits per heavy atom. The van der Waals surface area contributed by atoms with Crippen molar-refractivity contribution < 1.29 is 0 Å². The van der Waals surface area contributed by atoms with Crippen molar-refractivity contribution in [1.29, 1.82) is 0 Å². The summed E-state index contributed by atoms with van der Waals surface area (Å²) in [4.78, 5) is 14.2. The van der Waals surface area contributed by atoms with Crippen molar-refractivity contribution in [1.82, 2.24) is 19.6 Å². The van der Waals surface area contributed by atoms with Crippen molar-refractivity contribution in [2.45, 2.75) is 39.5 Å². The van der Waals surface area contributed by atoms with Crippen molar-refractivity contribution in [3.63, 3.8) is 0 Å². The average Bonchev–Trinajstić information content (AvgIpc) is 3.28. The molecule has 1 aromatic rings. The number of aromatic nitrogens is 2. The van der Waals surface area contributed by atoms with Gasteiger partial charge in [-0.2, -0.15) is 4.37 Å². The zero-order valence-corrected chi connectivity index (χ0v) is 15.1. The first-order chi connectivity index (χ1) is 11.3. The first-order valence-corrected chi connectivity index (χ1v) is 9.68. The highest BCUT2D eigenvalue weighted by atomic mass is 32.1. The summed E-state index contributed by atoms with van der Waals surface area (Å²) in [6.45, 7) is 10.1. The summed E-state index contributed by atoms with van der Waals surface area (Å²) >= 11 is 1.52. The second-order valence-corrected chi connectivity index (χ2v) is 7.02. The van der Waals surface area contributed by atoms with Crippen LogP contribution in [0.1, 0.15) is 38.9 Å². The minimum atomic E-state index is 0.911. The van der Waals surface area contributed by atoms with E-state index in [1.54, 1.807) is 0 Å². The highest BCUT2D eigenvalue weighted by molar-refractivity contribution is 7.09. The van der Waals surface area contributed by atoms with Gasteiger partial charge in [0.05, 0.1) is 0 Å².